The number of cyclic esters (lactones) is 1. The van der Waals surface area contributed by atoms with Crippen molar-refractivity contribution >= 4 is 33.4 Å². The predicted molar refractivity (Wildman–Crippen MR) is 268 cm³/mol. The molecule has 0 saturated carbocycles. The van der Waals surface area contributed by atoms with Crippen LogP contribution in [0.4, 0.5) is 0 Å². The molecule has 71 heavy (non-hydrogen) atoms. The van der Waals surface area contributed by atoms with E-state index in [-0.39, 0.29) is 32.1 Å². The Hall–Kier alpha value is -3.19. The van der Waals surface area contributed by atoms with Crippen LogP contribution in [0, 0.1) is 11.8 Å². The molecule has 1 aliphatic heterocycles. The molecule has 20 heteroatoms. The molecule has 1 unspecified atom stereocenters. The number of phosphoric ester groups is 2. The summed E-state index contributed by atoms with van der Waals surface area (Å²) < 4.78 is 52.1. The summed E-state index contributed by atoms with van der Waals surface area (Å²) in [6.07, 6.45) is 20.7. The van der Waals surface area contributed by atoms with E-state index in [9.17, 15) is 63.7 Å². The van der Waals surface area contributed by atoms with Gasteiger partial charge in [0.25, 0.3) is 0 Å². The molecule has 18 nitrogen and oxygen atoms in total. The number of fused-ring (bicyclic) bond motifs is 4. The van der Waals surface area contributed by atoms with Gasteiger partial charge in [-0.2, -0.15) is 0 Å². The second-order valence-electron chi connectivity index (χ2n) is 17.8. The van der Waals surface area contributed by atoms with E-state index in [0.29, 0.717) is 19.3 Å². The molecule has 0 aromatic heterocycles. The molecule has 0 amide bonds. The Morgan fingerprint density at radius 2 is 1.49 bits per heavy atom. The number of esters is 2. The maximum atomic E-state index is 13.8. The van der Waals surface area contributed by atoms with Crippen molar-refractivity contribution in [3.05, 3.63) is 85.1 Å². The molecule has 0 fully saturated rings. The Kier molecular flexibility index (Phi) is 33.0. The zero-order valence-corrected chi connectivity index (χ0v) is 43.3. The molecule has 404 valence electrons. The molecule has 0 spiro atoms. The molecule has 1 aliphatic carbocycles. The lowest BCUT2D eigenvalue weighted by atomic mass is 9.87. The van der Waals surface area contributed by atoms with Crippen molar-refractivity contribution in [1.29, 1.82) is 0 Å². The zero-order chi connectivity index (χ0) is 52.5. The molecule has 0 radical (unpaired) electrons. The molecular formula is C51H82O18P2. The van der Waals surface area contributed by atoms with Crippen molar-refractivity contribution < 1.29 is 86.8 Å². The standard InChI is InChI=1S/C51H82O18P2/c1-3-5-7-8-9-10-11-12-13-14-15-16-17-18-19-20-21-22-27-31-44(54)65-37-41-38-66-71(63,64)69-51-49(59)48(58)46(56)39(29-26-23-24-28-32-45(55)67-41)33-36-43(53)42(35-34-40(52)30-25-6-4-2)47(57)50(51)68-70(60,61)62/h5,7,9-10,12-13,15-16,23,26,33-36,39-42,46-52,56-59H,3-4,6,8,11,14,17-22,24-25,27-32,37-38H2,1-2H3,(H,63,64)(H2,60,61,62)/b7-5-,10-9-,13-12-,16-15-,26-23-,35-34+,36-33-/t39-,40-,41+,42-,46+,47+,48-,49+,50+,51-/m0/s1. The number of carbonyl (C=O) groups is 3. The van der Waals surface area contributed by atoms with Gasteiger partial charge in [0.2, 0.25) is 0 Å². The van der Waals surface area contributed by atoms with Gasteiger partial charge in [0, 0.05) is 18.8 Å². The molecule has 2 aliphatic rings. The molecular weight excluding hydrogens is 962 g/mol. The lowest BCUT2D eigenvalue weighted by Crippen LogP contribution is -2.56. The lowest BCUT2D eigenvalue weighted by molar-refractivity contribution is -0.163. The number of unbranched alkanes of at least 4 members (excludes halogenated alkanes) is 8. The maximum absolute atomic E-state index is 13.8. The van der Waals surface area contributed by atoms with Crippen LogP contribution in [0.3, 0.4) is 0 Å². The summed E-state index contributed by atoms with van der Waals surface area (Å²) in [6, 6.07) is 0. The smallest absolute Gasteiger partial charge is 0.462 e. The lowest BCUT2D eigenvalue weighted by Gasteiger charge is -2.38. The normalized spacial score (nSPS) is 29.5. The number of ketones is 1. The van der Waals surface area contributed by atoms with Crippen LogP contribution in [0.2, 0.25) is 0 Å². The van der Waals surface area contributed by atoms with Gasteiger partial charge in [0.05, 0.1) is 30.8 Å². The van der Waals surface area contributed by atoms with Crippen molar-refractivity contribution in [2.45, 2.75) is 191 Å². The molecule has 2 rings (SSSR count). The van der Waals surface area contributed by atoms with E-state index in [1.807, 2.05) is 6.92 Å². The van der Waals surface area contributed by atoms with Gasteiger partial charge in [-0.3, -0.25) is 28.0 Å². The fourth-order valence-corrected chi connectivity index (χ4v) is 9.21. The third kappa shape index (κ3) is 28.7. The van der Waals surface area contributed by atoms with E-state index in [1.54, 1.807) is 12.2 Å². The molecule has 0 saturated heterocycles. The van der Waals surface area contributed by atoms with Crippen molar-refractivity contribution in [1.82, 2.24) is 0 Å². The van der Waals surface area contributed by atoms with E-state index in [1.165, 1.54) is 12.2 Å². The molecule has 11 atom stereocenters. The second kappa shape index (κ2) is 36.7. The first-order valence-corrected chi connectivity index (χ1v) is 28.2. The van der Waals surface area contributed by atoms with E-state index in [4.69, 9.17) is 23.0 Å². The van der Waals surface area contributed by atoms with E-state index < -0.39 is 107 Å². The number of phosphoric acid groups is 2. The fraction of sp³-hybridized carbons (Fsp3) is 0.667. The zero-order valence-electron chi connectivity index (χ0n) is 41.5. The highest BCUT2D eigenvalue weighted by atomic mass is 31.2. The maximum Gasteiger partial charge on any atom is 0.472 e. The Morgan fingerprint density at radius 3 is 2.15 bits per heavy atom. The summed E-state index contributed by atoms with van der Waals surface area (Å²) in [6.45, 7) is 2.48. The van der Waals surface area contributed by atoms with E-state index in [2.05, 4.69) is 55.5 Å². The van der Waals surface area contributed by atoms with Crippen molar-refractivity contribution in [3.63, 3.8) is 0 Å². The van der Waals surface area contributed by atoms with Gasteiger partial charge in [-0.05, 0) is 76.7 Å². The highest BCUT2D eigenvalue weighted by Gasteiger charge is 2.50. The Balaban J connectivity index is 2.17. The molecule has 2 bridgehead atoms. The predicted octanol–water partition coefficient (Wildman–Crippen LogP) is 7.79. The van der Waals surface area contributed by atoms with Gasteiger partial charge >= 0.3 is 27.6 Å². The molecule has 0 aromatic carbocycles. The van der Waals surface area contributed by atoms with Crippen molar-refractivity contribution in [3.8, 4) is 0 Å². The third-order valence-corrected chi connectivity index (χ3v) is 13.2. The van der Waals surface area contributed by atoms with Crippen LogP contribution < -0.4 is 0 Å². The van der Waals surface area contributed by atoms with Gasteiger partial charge in [-0.1, -0.05) is 138 Å². The van der Waals surface area contributed by atoms with Crippen LogP contribution >= 0.6 is 15.6 Å². The monoisotopic (exact) mass is 1040 g/mol. The fourth-order valence-electron chi connectivity index (χ4n) is 7.68. The van der Waals surface area contributed by atoms with Crippen LogP contribution in [0.5, 0.6) is 0 Å². The SMILES string of the molecule is CC/C=C\C/C=C\C/C=C\C/C=C\CCCCCCCCC(=O)OC[C@@H]1COP(=O)(O)O[C@H]2[C@H](O)[C@@H](O)[C@H](O)[C@H](/C=C\C(=O)[C@H](/C=C/[C@@H](O)CCCCC)[C@@H](O)[C@H]2OP(=O)(O)O)C/C=C\CCCC(=O)O1. The Bertz CT molecular complexity index is 1840. The first-order chi connectivity index (χ1) is 33.9. The van der Waals surface area contributed by atoms with E-state index in [0.717, 1.165) is 89.2 Å². The number of ether oxygens (including phenoxy) is 2. The summed E-state index contributed by atoms with van der Waals surface area (Å²) in [5, 5.41) is 56.5. The number of hydrogen-bond acceptors (Lipinski definition) is 15. The summed E-state index contributed by atoms with van der Waals surface area (Å²) in [5.74, 6) is -5.31. The Labute approximate surface area is 420 Å². The van der Waals surface area contributed by atoms with Gasteiger partial charge in [-0.15, -0.1) is 0 Å². The average molecular weight is 1050 g/mol. The second-order valence-corrected chi connectivity index (χ2v) is 20.4. The van der Waals surface area contributed by atoms with Crippen LogP contribution in [-0.2, 0) is 46.6 Å². The minimum atomic E-state index is -5.76. The minimum absolute atomic E-state index is 0.0430. The van der Waals surface area contributed by atoms with E-state index >= 15 is 0 Å². The van der Waals surface area contributed by atoms with Crippen LogP contribution in [0.25, 0.3) is 0 Å². The van der Waals surface area contributed by atoms with Gasteiger partial charge in [0.1, 0.15) is 31.0 Å². The summed E-state index contributed by atoms with van der Waals surface area (Å²) in [4.78, 5) is 70.4. The molecule has 8 N–H and O–H groups in total. The number of aliphatic hydroxyl groups is 5. The van der Waals surface area contributed by atoms with Gasteiger partial charge < -0.3 is 49.7 Å². The van der Waals surface area contributed by atoms with Crippen LogP contribution in [0.15, 0.2) is 85.1 Å². The quantitative estimate of drug-likeness (QED) is 0.0177. The first-order valence-electron chi connectivity index (χ1n) is 25.2. The number of carbonyl (C=O) groups excluding carboxylic acids is 3. The number of rotatable bonds is 26. The Morgan fingerprint density at radius 1 is 0.845 bits per heavy atom. The largest absolute Gasteiger partial charge is 0.472 e. The van der Waals surface area contributed by atoms with Gasteiger partial charge in [-0.25, -0.2) is 9.13 Å². The topological polar surface area (TPSA) is 293 Å². The van der Waals surface area contributed by atoms with Crippen LogP contribution in [-0.4, -0.2) is 120 Å². The first kappa shape index (κ1) is 63.9. The summed E-state index contributed by atoms with van der Waals surface area (Å²) in [5.41, 5.74) is 0. The highest BCUT2D eigenvalue weighted by Crippen LogP contribution is 2.49. The number of hydrogen-bond donors (Lipinski definition) is 8. The third-order valence-electron chi connectivity index (χ3n) is 11.7. The number of aliphatic hydroxyl groups excluding tert-OH is 5. The van der Waals surface area contributed by atoms with Crippen molar-refractivity contribution in [2.75, 3.05) is 13.2 Å². The minimum Gasteiger partial charge on any atom is -0.462 e. The summed E-state index contributed by atoms with van der Waals surface area (Å²) >= 11 is 0. The number of allylic oxidation sites excluding steroid dienone is 11. The molecule has 0 aromatic rings. The average Bonchev–Trinajstić information content (AvgIpc) is 3.32. The summed E-state index contributed by atoms with van der Waals surface area (Å²) in [7, 11) is -11.4. The molecule has 1 heterocycles. The van der Waals surface area contributed by atoms with Crippen molar-refractivity contribution in [2.24, 2.45) is 11.8 Å². The van der Waals surface area contributed by atoms with Crippen LogP contribution in [0.1, 0.15) is 142 Å². The van der Waals surface area contributed by atoms with Gasteiger partial charge in [0.15, 0.2) is 11.9 Å². The highest BCUT2D eigenvalue weighted by molar-refractivity contribution is 7.47.